The van der Waals surface area contributed by atoms with Gasteiger partial charge in [-0.15, -0.1) is 0 Å². The molecule has 0 unspecified atom stereocenters. The summed E-state index contributed by atoms with van der Waals surface area (Å²) >= 11 is 0. The minimum atomic E-state index is 0.509. The Morgan fingerprint density at radius 2 is 0.733 bits per heavy atom. The van der Waals surface area contributed by atoms with Gasteiger partial charge in [0.25, 0.3) is 0 Å². The maximum absolute atomic E-state index is 8.56. The molecule has 0 atom stereocenters. The maximum atomic E-state index is 8.56. The van der Waals surface area contributed by atoms with E-state index in [9.17, 15) is 0 Å². The number of hydrogen-bond acceptors (Lipinski definition) is 0. The van der Waals surface area contributed by atoms with E-state index in [1.165, 1.54) is 38.1 Å². The van der Waals surface area contributed by atoms with Gasteiger partial charge in [0.05, 0.1) is 34.5 Å². The summed E-state index contributed by atoms with van der Waals surface area (Å²) in [5.41, 5.74) is 10.2. The summed E-state index contributed by atoms with van der Waals surface area (Å²) < 4.78 is 15.7. The molecule has 0 saturated carbocycles. The third kappa shape index (κ3) is 3.35. The molecule has 45 heavy (non-hydrogen) atoms. The van der Waals surface area contributed by atoms with Crippen molar-refractivity contribution in [3.63, 3.8) is 0 Å². The largest absolute Gasteiger partial charge is 0.309 e. The van der Waals surface area contributed by atoms with Gasteiger partial charge in [-0.2, -0.15) is 0 Å². The Hall–Kier alpha value is -6.06. The van der Waals surface area contributed by atoms with E-state index < -0.39 is 0 Å². The molecule has 0 radical (unpaired) electrons. The second kappa shape index (κ2) is 9.22. The highest BCUT2D eigenvalue weighted by molar-refractivity contribution is 6.23. The summed E-state index contributed by atoms with van der Waals surface area (Å²) in [4.78, 5) is 0. The summed E-state index contributed by atoms with van der Waals surface area (Å²) in [5, 5.41) is 7.14. The lowest BCUT2D eigenvalue weighted by Crippen LogP contribution is -2.00. The smallest absolute Gasteiger partial charge is 0.0788 e. The standard InChI is InChI=1S/C42H27N3/c1-2-13-28(14-3-1)44-39-23-10-6-19-33(39)35-25-26-36-34-20-7-11-24-40(34)45(42(36)41(35)44)30-16-12-15-29(27-30)43-37-21-8-4-17-31(37)32-18-5-9-22-38(32)43/h1-27H/i7D. The van der Waals surface area contributed by atoms with Crippen LogP contribution in [-0.2, 0) is 0 Å². The lowest BCUT2D eigenvalue weighted by Gasteiger charge is -2.14. The maximum Gasteiger partial charge on any atom is 0.0788 e. The van der Waals surface area contributed by atoms with E-state index in [-0.39, 0.29) is 0 Å². The van der Waals surface area contributed by atoms with Crippen LogP contribution in [0.3, 0.4) is 0 Å². The van der Waals surface area contributed by atoms with Gasteiger partial charge in [0.1, 0.15) is 0 Å². The van der Waals surface area contributed by atoms with Crippen molar-refractivity contribution in [3.8, 4) is 17.1 Å². The van der Waals surface area contributed by atoms with Crippen molar-refractivity contribution >= 4 is 65.4 Å². The number of fused-ring (bicyclic) bond motifs is 10. The van der Waals surface area contributed by atoms with E-state index in [0.29, 0.717) is 6.04 Å². The van der Waals surface area contributed by atoms with Crippen molar-refractivity contribution in [2.75, 3.05) is 0 Å². The number of hydrogen-bond donors (Lipinski definition) is 0. The van der Waals surface area contributed by atoms with Gasteiger partial charge in [0.2, 0.25) is 0 Å². The molecule has 3 heterocycles. The van der Waals surface area contributed by atoms with E-state index >= 15 is 0 Å². The molecular weight excluding hydrogens is 546 g/mol. The van der Waals surface area contributed by atoms with Gasteiger partial charge in [0.15, 0.2) is 0 Å². The Morgan fingerprint density at radius 3 is 1.36 bits per heavy atom. The second-order valence-corrected chi connectivity index (χ2v) is 11.7. The minimum absolute atomic E-state index is 0.509. The van der Waals surface area contributed by atoms with Crippen molar-refractivity contribution in [1.29, 1.82) is 0 Å². The number of rotatable bonds is 3. The Kier molecular flexibility index (Phi) is 4.79. The summed E-state index contributed by atoms with van der Waals surface area (Å²) in [7, 11) is 0. The lowest BCUT2D eigenvalue weighted by atomic mass is 10.1. The molecular formula is C42H27N3. The summed E-state index contributed by atoms with van der Waals surface area (Å²) in [6.45, 7) is 0. The van der Waals surface area contributed by atoms with Crippen LogP contribution in [0.4, 0.5) is 0 Å². The van der Waals surface area contributed by atoms with Crippen LogP contribution < -0.4 is 0 Å². The second-order valence-electron chi connectivity index (χ2n) is 11.7. The Balaban J connectivity index is 1.36. The molecule has 3 heteroatoms. The Morgan fingerprint density at radius 1 is 0.311 bits per heavy atom. The molecule has 0 spiro atoms. The first-order valence-electron chi connectivity index (χ1n) is 15.9. The molecule has 3 nitrogen and oxygen atoms in total. The molecule has 0 aliphatic rings. The first kappa shape index (κ1) is 23.4. The SMILES string of the molecule is [2H]c1ccc2c(c1)c1ccc3c4ccccc4n(-c4ccccc4)c3c1n2-c1cccc(-n2c3ccccc3c3ccccc32)c1. The van der Waals surface area contributed by atoms with Gasteiger partial charge in [0, 0.05) is 49.4 Å². The molecule has 0 amide bonds. The molecule has 0 aliphatic heterocycles. The summed E-state index contributed by atoms with van der Waals surface area (Å²) in [6.07, 6.45) is 0. The van der Waals surface area contributed by atoms with Gasteiger partial charge < -0.3 is 13.7 Å². The zero-order chi connectivity index (χ0) is 30.4. The first-order valence-corrected chi connectivity index (χ1v) is 15.4. The Labute approximate surface area is 260 Å². The third-order valence-corrected chi connectivity index (χ3v) is 9.35. The number of aromatic nitrogens is 3. The molecule has 0 bridgehead atoms. The van der Waals surface area contributed by atoms with Crippen LogP contribution in [0, 0.1) is 0 Å². The zero-order valence-electron chi connectivity index (χ0n) is 25.4. The van der Waals surface area contributed by atoms with Gasteiger partial charge in [-0.3, -0.25) is 0 Å². The molecule has 10 aromatic rings. The first-order chi connectivity index (χ1) is 22.8. The van der Waals surface area contributed by atoms with Crippen LogP contribution in [-0.4, -0.2) is 13.7 Å². The fourth-order valence-corrected chi connectivity index (χ4v) is 7.52. The highest BCUT2D eigenvalue weighted by Gasteiger charge is 2.21. The van der Waals surface area contributed by atoms with E-state index in [1.54, 1.807) is 0 Å². The van der Waals surface area contributed by atoms with Crippen LogP contribution in [0.25, 0.3) is 82.5 Å². The summed E-state index contributed by atoms with van der Waals surface area (Å²) in [5.74, 6) is 0. The fraction of sp³-hybridized carbons (Fsp3) is 0. The van der Waals surface area contributed by atoms with Gasteiger partial charge >= 0.3 is 0 Å². The molecule has 210 valence electrons. The predicted molar refractivity (Wildman–Crippen MR) is 189 cm³/mol. The van der Waals surface area contributed by atoms with Gasteiger partial charge in [-0.1, -0.05) is 109 Å². The quantitative estimate of drug-likeness (QED) is 0.199. The van der Waals surface area contributed by atoms with Crippen LogP contribution in [0.15, 0.2) is 164 Å². The molecule has 0 aliphatic carbocycles. The molecule has 0 saturated heterocycles. The minimum Gasteiger partial charge on any atom is -0.309 e. The van der Waals surface area contributed by atoms with E-state index in [1.807, 2.05) is 12.1 Å². The number of para-hydroxylation sites is 5. The molecule has 7 aromatic carbocycles. The van der Waals surface area contributed by atoms with Crippen LogP contribution >= 0.6 is 0 Å². The van der Waals surface area contributed by atoms with Crippen molar-refractivity contribution in [3.05, 3.63) is 164 Å². The Bertz CT molecular complexity index is 2760. The van der Waals surface area contributed by atoms with Crippen molar-refractivity contribution in [1.82, 2.24) is 13.7 Å². The lowest BCUT2D eigenvalue weighted by molar-refractivity contribution is 1.13. The van der Waals surface area contributed by atoms with Crippen LogP contribution in [0.1, 0.15) is 1.37 Å². The van der Waals surface area contributed by atoms with Crippen molar-refractivity contribution < 1.29 is 1.37 Å². The third-order valence-electron chi connectivity index (χ3n) is 9.35. The van der Waals surface area contributed by atoms with Gasteiger partial charge in [-0.05, 0) is 54.6 Å². The fourth-order valence-electron chi connectivity index (χ4n) is 7.52. The van der Waals surface area contributed by atoms with Crippen LogP contribution in [0.5, 0.6) is 0 Å². The highest BCUT2D eigenvalue weighted by atomic mass is 15.1. The molecule has 0 N–H and O–H groups in total. The number of nitrogens with zero attached hydrogens (tertiary/aromatic N) is 3. The predicted octanol–water partition coefficient (Wildman–Crippen LogP) is 11.0. The summed E-state index contributed by atoms with van der Waals surface area (Å²) in [6, 6.07) is 56.5. The van der Waals surface area contributed by atoms with E-state index in [0.717, 1.165) is 44.4 Å². The topological polar surface area (TPSA) is 14.8 Å². The van der Waals surface area contributed by atoms with E-state index in [4.69, 9.17) is 1.37 Å². The number of benzene rings is 7. The van der Waals surface area contributed by atoms with Crippen molar-refractivity contribution in [2.24, 2.45) is 0 Å². The average Bonchev–Trinajstić information content (AvgIpc) is 3.74. The van der Waals surface area contributed by atoms with Crippen molar-refractivity contribution in [2.45, 2.75) is 0 Å². The normalized spacial score (nSPS) is 12.3. The average molecular weight is 575 g/mol. The molecule has 3 aromatic heterocycles. The molecule has 10 rings (SSSR count). The monoisotopic (exact) mass is 574 g/mol. The molecule has 0 fully saturated rings. The van der Waals surface area contributed by atoms with Crippen LogP contribution in [0.2, 0.25) is 0 Å². The highest BCUT2D eigenvalue weighted by Crippen LogP contribution is 2.42. The zero-order valence-corrected chi connectivity index (χ0v) is 24.4. The van der Waals surface area contributed by atoms with E-state index in [2.05, 4.69) is 159 Å². The van der Waals surface area contributed by atoms with Gasteiger partial charge in [-0.25, -0.2) is 0 Å².